The Labute approximate surface area is 85.0 Å². The van der Waals surface area contributed by atoms with Crippen LogP contribution >= 0.6 is 0 Å². The lowest BCUT2D eigenvalue weighted by molar-refractivity contribution is 0.176. The number of carbonyl (C=O) groups is 1. The first kappa shape index (κ1) is 9.77. The average Bonchev–Trinajstić information content (AvgIpc) is 2.61. The van der Waals surface area contributed by atoms with Gasteiger partial charge in [-0.2, -0.15) is 0 Å². The van der Waals surface area contributed by atoms with E-state index in [2.05, 4.69) is 10.6 Å². The maximum atomic E-state index is 11.7. The van der Waals surface area contributed by atoms with Crippen molar-refractivity contribution in [2.45, 2.75) is 25.8 Å². The van der Waals surface area contributed by atoms with Crippen molar-refractivity contribution < 1.29 is 4.79 Å². The predicted octanol–water partition coefficient (Wildman–Crippen LogP) is 0.400. The first-order valence-corrected chi connectivity index (χ1v) is 5.58. The third kappa shape index (κ3) is 1.71. The Morgan fingerprint density at radius 3 is 3.21 bits per heavy atom. The van der Waals surface area contributed by atoms with Crippen LogP contribution in [0.1, 0.15) is 19.8 Å². The van der Waals surface area contributed by atoms with Crippen LogP contribution in [0.25, 0.3) is 0 Å². The van der Waals surface area contributed by atoms with E-state index in [0.717, 1.165) is 32.1 Å². The summed E-state index contributed by atoms with van der Waals surface area (Å²) in [7, 11) is 0. The van der Waals surface area contributed by atoms with E-state index < -0.39 is 0 Å². The van der Waals surface area contributed by atoms with Crippen molar-refractivity contribution in [2.75, 3.05) is 26.2 Å². The number of rotatable bonds is 1. The lowest BCUT2D eigenvalue weighted by atomic mass is 9.93. The summed E-state index contributed by atoms with van der Waals surface area (Å²) in [6, 6.07) is 0.555. The zero-order chi connectivity index (χ0) is 9.97. The zero-order valence-corrected chi connectivity index (χ0v) is 8.75. The minimum atomic E-state index is 0.115. The number of nitrogens with zero attached hydrogens (tertiary/aromatic N) is 1. The molecule has 0 spiro atoms. The number of amides is 2. The summed E-state index contributed by atoms with van der Waals surface area (Å²) in [4.78, 5) is 13.7. The molecule has 2 aliphatic heterocycles. The van der Waals surface area contributed by atoms with Gasteiger partial charge in [0, 0.05) is 25.7 Å². The van der Waals surface area contributed by atoms with Gasteiger partial charge < -0.3 is 15.5 Å². The second-order valence-electron chi connectivity index (χ2n) is 4.14. The lowest BCUT2D eigenvalue weighted by Crippen LogP contribution is -2.50. The summed E-state index contributed by atoms with van der Waals surface area (Å²) < 4.78 is 0. The van der Waals surface area contributed by atoms with Gasteiger partial charge in [0.05, 0.1) is 0 Å². The van der Waals surface area contributed by atoms with Crippen LogP contribution in [0.4, 0.5) is 4.79 Å². The van der Waals surface area contributed by atoms with Crippen molar-refractivity contribution in [2.24, 2.45) is 5.92 Å². The van der Waals surface area contributed by atoms with Crippen molar-refractivity contribution in [3.63, 3.8) is 0 Å². The average molecular weight is 197 g/mol. The molecular formula is C10H19N3O. The van der Waals surface area contributed by atoms with E-state index in [1.807, 2.05) is 11.8 Å². The molecule has 0 aromatic carbocycles. The maximum absolute atomic E-state index is 11.7. The molecular weight excluding hydrogens is 178 g/mol. The number of hydrogen-bond donors (Lipinski definition) is 2. The zero-order valence-electron chi connectivity index (χ0n) is 8.75. The Morgan fingerprint density at radius 1 is 1.57 bits per heavy atom. The molecule has 2 saturated heterocycles. The van der Waals surface area contributed by atoms with E-state index in [1.54, 1.807) is 0 Å². The molecule has 0 unspecified atom stereocenters. The molecule has 14 heavy (non-hydrogen) atoms. The van der Waals surface area contributed by atoms with Crippen LogP contribution < -0.4 is 10.6 Å². The van der Waals surface area contributed by atoms with Gasteiger partial charge in [-0.3, -0.25) is 0 Å². The van der Waals surface area contributed by atoms with Gasteiger partial charge in [0.25, 0.3) is 0 Å². The number of hydrogen-bond acceptors (Lipinski definition) is 2. The van der Waals surface area contributed by atoms with Gasteiger partial charge in [-0.05, 0) is 32.2 Å². The van der Waals surface area contributed by atoms with Crippen LogP contribution in [0, 0.1) is 5.92 Å². The minimum absolute atomic E-state index is 0.115. The topological polar surface area (TPSA) is 44.4 Å². The summed E-state index contributed by atoms with van der Waals surface area (Å²) >= 11 is 0. The van der Waals surface area contributed by atoms with Crippen LogP contribution in [0.15, 0.2) is 0 Å². The van der Waals surface area contributed by atoms with Crippen LogP contribution in [0.5, 0.6) is 0 Å². The molecule has 4 nitrogen and oxygen atoms in total. The quantitative estimate of drug-likeness (QED) is 0.639. The molecule has 4 heteroatoms. The fraction of sp³-hybridized carbons (Fsp3) is 0.900. The molecule has 2 rings (SSSR count). The SMILES string of the molecule is CCNC(=O)N1CC[C@H]2CCNC[C@H]21. The summed E-state index contributed by atoms with van der Waals surface area (Å²) in [6.07, 6.45) is 2.41. The number of carbonyl (C=O) groups excluding carboxylic acids is 1. The molecule has 2 fully saturated rings. The van der Waals surface area contributed by atoms with Crippen LogP contribution in [-0.2, 0) is 0 Å². The molecule has 2 N–H and O–H groups in total. The minimum Gasteiger partial charge on any atom is -0.338 e. The predicted molar refractivity (Wildman–Crippen MR) is 55.2 cm³/mol. The van der Waals surface area contributed by atoms with Crippen LogP contribution in [0.2, 0.25) is 0 Å². The molecule has 0 aromatic heterocycles. The number of fused-ring (bicyclic) bond motifs is 1. The smallest absolute Gasteiger partial charge is 0.317 e. The van der Waals surface area contributed by atoms with E-state index in [0.29, 0.717) is 6.04 Å². The van der Waals surface area contributed by atoms with Crippen molar-refractivity contribution in [3.05, 3.63) is 0 Å². The highest BCUT2D eigenvalue weighted by Gasteiger charge is 2.37. The highest BCUT2D eigenvalue weighted by atomic mass is 16.2. The second kappa shape index (κ2) is 4.17. The standard InChI is InChI=1S/C10H19N3O/c1-2-12-10(14)13-6-4-8-3-5-11-7-9(8)13/h8-9,11H,2-7H2,1H3,(H,12,14)/t8-,9-/m1/s1. The summed E-state index contributed by atoms with van der Waals surface area (Å²) in [5.74, 6) is 0.735. The first-order chi connectivity index (χ1) is 6.83. The fourth-order valence-corrected chi connectivity index (χ4v) is 2.57. The molecule has 2 heterocycles. The molecule has 0 bridgehead atoms. The highest BCUT2D eigenvalue weighted by molar-refractivity contribution is 5.74. The molecule has 0 aliphatic carbocycles. The Hall–Kier alpha value is -0.770. The number of piperidine rings is 1. The van der Waals surface area contributed by atoms with E-state index in [9.17, 15) is 4.79 Å². The van der Waals surface area contributed by atoms with Crippen molar-refractivity contribution in [3.8, 4) is 0 Å². The van der Waals surface area contributed by atoms with Gasteiger partial charge in [-0.1, -0.05) is 0 Å². The number of urea groups is 1. The summed E-state index contributed by atoms with van der Waals surface area (Å²) in [5, 5.41) is 6.24. The van der Waals surface area contributed by atoms with Gasteiger partial charge >= 0.3 is 6.03 Å². The van der Waals surface area contributed by atoms with Gasteiger partial charge in [0.2, 0.25) is 0 Å². The summed E-state index contributed by atoms with van der Waals surface area (Å²) in [5.41, 5.74) is 0. The van der Waals surface area contributed by atoms with E-state index in [4.69, 9.17) is 0 Å². The molecule has 2 amide bonds. The van der Waals surface area contributed by atoms with Crippen molar-refractivity contribution >= 4 is 6.03 Å². The maximum Gasteiger partial charge on any atom is 0.317 e. The van der Waals surface area contributed by atoms with E-state index >= 15 is 0 Å². The largest absolute Gasteiger partial charge is 0.338 e. The third-order valence-corrected chi connectivity index (χ3v) is 3.32. The molecule has 80 valence electrons. The lowest BCUT2D eigenvalue weighted by Gasteiger charge is -2.32. The normalized spacial score (nSPS) is 31.4. The van der Waals surface area contributed by atoms with E-state index in [-0.39, 0.29) is 6.03 Å². The third-order valence-electron chi connectivity index (χ3n) is 3.32. The Kier molecular flexibility index (Phi) is 2.91. The summed E-state index contributed by atoms with van der Waals surface area (Å²) in [6.45, 7) is 5.71. The number of likely N-dealkylation sites (tertiary alicyclic amines) is 1. The van der Waals surface area contributed by atoms with E-state index in [1.165, 1.54) is 12.8 Å². The van der Waals surface area contributed by atoms with Crippen molar-refractivity contribution in [1.29, 1.82) is 0 Å². The fourth-order valence-electron chi connectivity index (χ4n) is 2.57. The Balaban J connectivity index is 1.96. The van der Waals surface area contributed by atoms with Gasteiger partial charge in [0.1, 0.15) is 0 Å². The Bertz CT molecular complexity index is 219. The second-order valence-corrected chi connectivity index (χ2v) is 4.14. The Morgan fingerprint density at radius 2 is 2.43 bits per heavy atom. The van der Waals surface area contributed by atoms with Gasteiger partial charge in [-0.15, -0.1) is 0 Å². The highest BCUT2D eigenvalue weighted by Crippen LogP contribution is 2.28. The molecule has 2 aliphatic rings. The van der Waals surface area contributed by atoms with Gasteiger partial charge in [-0.25, -0.2) is 4.79 Å². The monoisotopic (exact) mass is 197 g/mol. The van der Waals surface area contributed by atoms with Crippen LogP contribution in [-0.4, -0.2) is 43.2 Å². The first-order valence-electron chi connectivity index (χ1n) is 5.58. The molecule has 0 radical (unpaired) electrons. The van der Waals surface area contributed by atoms with Crippen molar-refractivity contribution in [1.82, 2.24) is 15.5 Å². The molecule has 0 saturated carbocycles. The molecule has 2 atom stereocenters. The van der Waals surface area contributed by atoms with Gasteiger partial charge in [0.15, 0.2) is 0 Å². The molecule has 0 aromatic rings. The number of nitrogens with one attached hydrogen (secondary N) is 2. The van der Waals surface area contributed by atoms with Crippen LogP contribution in [0.3, 0.4) is 0 Å².